The fourth-order valence-electron chi connectivity index (χ4n) is 2.31. The Labute approximate surface area is 156 Å². The molecule has 0 aliphatic heterocycles. The lowest BCUT2D eigenvalue weighted by Crippen LogP contribution is -2.33. The van der Waals surface area contributed by atoms with Crippen molar-refractivity contribution in [1.29, 1.82) is 0 Å². The van der Waals surface area contributed by atoms with E-state index in [1.54, 1.807) is 0 Å². The molecule has 0 spiro atoms. The van der Waals surface area contributed by atoms with Gasteiger partial charge in [0.25, 0.3) is 5.56 Å². The molecule has 2 rings (SSSR count). The number of halogens is 9. The third kappa shape index (κ3) is 4.98. The number of benzene rings is 1. The Balaban J connectivity index is 2.66. The number of hydrogen-bond donors (Lipinski definition) is 1. The van der Waals surface area contributed by atoms with Crippen molar-refractivity contribution >= 4 is 11.6 Å². The Morgan fingerprint density at radius 1 is 0.931 bits per heavy atom. The maximum atomic E-state index is 13.2. The summed E-state index contributed by atoms with van der Waals surface area (Å²) < 4.78 is 117. The van der Waals surface area contributed by atoms with E-state index in [9.17, 15) is 44.3 Å². The molecule has 0 unspecified atom stereocenters. The highest BCUT2D eigenvalue weighted by molar-refractivity contribution is 5.61. The number of hydrogen-bond acceptors (Lipinski definition) is 4. The summed E-state index contributed by atoms with van der Waals surface area (Å²) in [6.45, 7) is 1.05. The Morgan fingerprint density at radius 2 is 1.55 bits per heavy atom. The molecule has 0 aliphatic rings. The van der Waals surface area contributed by atoms with Gasteiger partial charge in [0.1, 0.15) is 0 Å². The molecule has 0 fully saturated rings. The number of rotatable bonds is 4. The Morgan fingerprint density at radius 3 is 2.03 bits per heavy atom. The molecule has 0 aliphatic carbocycles. The first-order chi connectivity index (χ1) is 13.2. The second-order valence-corrected chi connectivity index (χ2v) is 5.71. The van der Waals surface area contributed by atoms with Crippen LogP contribution in [-0.2, 0) is 25.1 Å². The highest BCUT2D eigenvalue weighted by Crippen LogP contribution is 2.39. The molecular formula is C15H11F9N4O. The third-order valence-electron chi connectivity index (χ3n) is 3.56. The molecule has 2 aromatic rings. The molecule has 14 heteroatoms. The Kier molecular flexibility index (Phi) is 5.86. The molecule has 0 bridgehead atoms. The quantitative estimate of drug-likeness (QED) is 0.700. The highest BCUT2D eigenvalue weighted by Gasteiger charge is 2.39. The van der Waals surface area contributed by atoms with Crippen LogP contribution >= 0.6 is 0 Å². The summed E-state index contributed by atoms with van der Waals surface area (Å²) in [4.78, 5) is 12.0. The lowest BCUT2D eigenvalue weighted by atomic mass is 10.1. The van der Waals surface area contributed by atoms with Gasteiger partial charge >= 0.3 is 18.5 Å². The molecule has 1 heterocycles. The van der Waals surface area contributed by atoms with Crippen molar-refractivity contribution in [2.45, 2.75) is 38.4 Å². The first-order valence-electron chi connectivity index (χ1n) is 7.76. The standard InChI is InChI=1S/C15H11F9N4O/c1-2-5-28-11(29)10(15(22,23)24)26-27-12(28)25-9-6-7(13(16,17)18)3-4-8(9)14(19,20)21/h3-4,6H,2,5H2,1H3,(H,25,27). The second kappa shape index (κ2) is 7.55. The molecule has 0 atom stereocenters. The van der Waals surface area contributed by atoms with Gasteiger partial charge in [-0.25, -0.2) is 0 Å². The number of nitrogens with zero attached hydrogens (tertiary/aromatic N) is 3. The minimum Gasteiger partial charge on any atom is -0.324 e. The van der Waals surface area contributed by atoms with Crippen LogP contribution in [0.2, 0.25) is 0 Å². The molecule has 1 aromatic carbocycles. The summed E-state index contributed by atoms with van der Waals surface area (Å²) in [5.74, 6) is -0.866. The SMILES string of the molecule is CCCn1c(Nc2cc(C(F)(F)F)ccc2C(F)(F)F)nnc(C(F)(F)F)c1=O. The number of aromatic nitrogens is 3. The second-order valence-electron chi connectivity index (χ2n) is 5.71. The largest absolute Gasteiger partial charge is 0.440 e. The lowest BCUT2D eigenvalue weighted by Gasteiger charge is -2.19. The smallest absolute Gasteiger partial charge is 0.324 e. The van der Waals surface area contributed by atoms with Crippen molar-refractivity contribution in [1.82, 2.24) is 14.8 Å². The van der Waals surface area contributed by atoms with Crippen molar-refractivity contribution in [3.05, 3.63) is 45.4 Å². The van der Waals surface area contributed by atoms with Gasteiger partial charge in [-0.15, -0.1) is 10.2 Å². The Bertz CT molecular complexity index is 945. The highest BCUT2D eigenvalue weighted by atomic mass is 19.4. The van der Waals surface area contributed by atoms with E-state index in [-0.39, 0.29) is 24.6 Å². The summed E-state index contributed by atoms with van der Waals surface area (Å²) in [6, 6.07) is 0.472. The van der Waals surface area contributed by atoms with Crippen LogP contribution in [0.3, 0.4) is 0 Å². The van der Waals surface area contributed by atoms with Crippen molar-refractivity contribution in [2.75, 3.05) is 5.32 Å². The topological polar surface area (TPSA) is 59.8 Å². The average molecular weight is 434 g/mol. The van der Waals surface area contributed by atoms with E-state index in [1.165, 1.54) is 6.92 Å². The van der Waals surface area contributed by atoms with Crippen LogP contribution < -0.4 is 10.9 Å². The van der Waals surface area contributed by atoms with Gasteiger partial charge in [-0.2, -0.15) is 39.5 Å². The van der Waals surface area contributed by atoms with Crippen LogP contribution in [0.5, 0.6) is 0 Å². The van der Waals surface area contributed by atoms with E-state index in [4.69, 9.17) is 0 Å². The van der Waals surface area contributed by atoms with Gasteiger partial charge < -0.3 is 5.32 Å². The molecule has 0 radical (unpaired) electrons. The van der Waals surface area contributed by atoms with E-state index in [0.29, 0.717) is 4.57 Å². The average Bonchev–Trinajstić information content (AvgIpc) is 2.55. The summed E-state index contributed by atoms with van der Waals surface area (Å²) >= 11 is 0. The zero-order valence-electron chi connectivity index (χ0n) is 14.3. The molecule has 1 aromatic heterocycles. The first kappa shape index (κ1) is 22.5. The van der Waals surface area contributed by atoms with Gasteiger partial charge in [0.2, 0.25) is 11.6 Å². The van der Waals surface area contributed by atoms with Crippen molar-refractivity contribution in [3.63, 3.8) is 0 Å². The number of anilines is 2. The molecule has 1 N–H and O–H groups in total. The summed E-state index contributed by atoms with van der Waals surface area (Å²) in [6.07, 6.45) is -15.2. The van der Waals surface area contributed by atoms with Gasteiger partial charge in [0, 0.05) is 6.54 Å². The molecule has 160 valence electrons. The predicted octanol–water partition coefficient (Wildman–Crippen LogP) is 4.85. The van der Waals surface area contributed by atoms with Crippen LogP contribution in [0.15, 0.2) is 23.0 Å². The number of alkyl halides is 9. The maximum absolute atomic E-state index is 13.2. The van der Waals surface area contributed by atoms with Crippen molar-refractivity contribution < 1.29 is 39.5 Å². The Hall–Kier alpha value is -2.80. The summed E-state index contributed by atoms with van der Waals surface area (Å²) in [5.41, 5.74) is -7.74. The monoisotopic (exact) mass is 434 g/mol. The minimum atomic E-state index is -5.18. The lowest BCUT2D eigenvalue weighted by molar-refractivity contribution is -0.143. The maximum Gasteiger partial charge on any atom is 0.440 e. The fraction of sp³-hybridized carbons (Fsp3) is 0.400. The first-order valence-corrected chi connectivity index (χ1v) is 7.76. The molecule has 29 heavy (non-hydrogen) atoms. The minimum absolute atomic E-state index is 0.0757. The molecule has 5 nitrogen and oxygen atoms in total. The van der Waals surface area contributed by atoms with E-state index in [1.807, 2.05) is 5.32 Å². The van der Waals surface area contributed by atoms with Gasteiger partial charge in [-0.05, 0) is 24.6 Å². The molecule has 0 saturated carbocycles. The van der Waals surface area contributed by atoms with Crippen molar-refractivity contribution in [3.8, 4) is 0 Å². The van der Waals surface area contributed by atoms with Gasteiger partial charge in [-0.3, -0.25) is 9.36 Å². The molecule has 0 amide bonds. The zero-order chi connectivity index (χ0) is 22.2. The van der Waals surface area contributed by atoms with Gasteiger partial charge in [0.15, 0.2) is 0 Å². The third-order valence-corrected chi connectivity index (χ3v) is 3.56. The number of nitrogens with one attached hydrogen (secondary N) is 1. The summed E-state index contributed by atoms with van der Waals surface area (Å²) in [5, 5.41) is 7.61. The fourth-order valence-corrected chi connectivity index (χ4v) is 2.31. The zero-order valence-corrected chi connectivity index (χ0v) is 14.3. The summed E-state index contributed by atoms with van der Waals surface area (Å²) in [7, 11) is 0. The van der Waals surface area contributed by atoms with Gasteiger partial charge in [0.05, 0.1) is 16.8 Å². The van der Waals surface area contributed by atoms with Crippen LogP contribution in [0.25, 0.3) is 0 Å². The van der Waals surface area contributed by atoms with Crippen LogP contribution in [0, 0.1) is 0 Å². The van der Waals surface area contributed by atoms with E-state index < -0.39 is 59.1 Å². The van der Waals surface area contributed by atoms with Crippen LogP contribution in [0.1, 0.15) is 30.2 Å². The predicted molar refractivity (Wildman–Crippen MR) is 81.3 cm³/mol. The molecule has 0 saturated heterocycles. The van der Waals surface area contributed by atoms with Crippen molar-refractivity contribution in [2.24, 2.45) is 0 Å². The van der Waals surface area contributed by atoms with E-state index in [0.717, 1.165) is 0 Å². The van der Waals surface area contributed by atoms with E-state index >= 15 is 0 Å². The van der Waals surface area contributed by atoms with Crippen LogP contribution in [0.4, 0.5) is 51.1 Å². The van der Waals surface area contributed by atoms with Crippen LogP contribution in [-0.4, -0.2) is 14.8 Å². The van der Waals surface area contributed by atoms with Gasteiger partial charge in [-0.1, -0.05) is 6.92 Å². The normalized spacial score (nSPS) is 12.9. The van der Waals surface area contributed by atoms with E-state index in [2.05, 4.69) is 10.2 Å². The molecular weight excluding hydrogens is 423 g/mol.